The van der Waals surface area contributed by atoms with Gasteiger partial charge in [0.15, 0.2) is 0 Å². The second-order valence-electron chi connectivity index (χ2n) is 4.24. The molecular formula is C13H21NO3S. The topological polar surface area (TPSA) is 66.4 Å². The Morgan fingerprint density at radius 1 is 1.22 bits per heavy atom. The second-order valence-corrected chi connectivity index (χ2v) is 5.95. The van der Waals surface area contributed by atoms with Gasteiger partial charge in [-0.3, -0.25) is 0 Å². The predicted molar refractivity (Wildman–Crippen MR) is 71.9 cm³/mol. The average molecular weight is 271 g/mol. The molecule has 2 N–H and O–H groups in total. The Morgan fingerprint density at radius 3 is 2.28 bits per heavy atom. The van der Waals surface area contributed by atoms with Crippen LogP contribution in [0.2, 0.25) is 0 Å². The lowest BCUT2D eigenvalue weighted by Gasteiger charge is -2.16. The number of aliphatic hydroxyl groups excluding tert-OH is 1. The highest BCUT2D eigenvalue weighted by Crippen LogP contribution is 2.12. The molecule has 0 aliphatic heterocycles. The second kappa shape index (κ2) is 6.87. The molecule has 0 aliphatic rings. The molecule has 102 valence electrons. The fourth-order valence-corrected chi connectivity index (χ4v) is 3.05. The maximum absolute atomic E-state index is 12.1. The van der Waals surface area contributed by atoms with Crippen molar-refractivity contribution in [1.29, 1.82) is 0 Å². The van der Waals surface area contributed by atoms with E-state index in [-0.39, 0.29) is 17.5 Å². The molecule has 1 atom stereocenters. The van der Waals surface area contributed by atoms with Crippen molar-refractivity contribution in [3.05, 3.63) is 29.8 Å². The first-order chi connectivity index (χ1) is 8.53. The van der Waals surface area contributed by atoms with E-state index in [0.29, 0.717) is 12.8 Å². The fourth-order valence-electron chi connectivity index (χ4n) is 1.69. The van der Waals surface area contributed by atoms with Gasteiger partial charge in [-0.25, -0.2) is 13.1 Å². The summed E-state index contributed by atoms with van der Waals surface area (Å²) in [5.74, 6) is 0. The lowest BCUT2D eigenvalue weighted by molar-refractivity contribution is 0.270. The van der Waals surface area contributed by atoms with Crippen molar-refractivity contribution >= 4 is 10.0 Å². The van der Waals surface area contributed by atoms with E-state index in [0.717, 1.165) is 12.0 Å². The van der Waals surface area contributed by atoms with Gasteiger partial charge in [0.05, 0.1) is 4.90 Å². The number of nitrogens with one attached hydrogen (secondary N) is 1. The highest BCUT2D eigenvalue weighted by Gasteiger charge is 2.18. The molecule has 1 rings (SSSR count). The quantitative estimate of drug-likeness (QED) is 0.793. The third kappa shape index (κ3) is 4.08. The number of sulfonamides is 1. The van der Waals surface area contributed by atoms with Crippen LogP contribution in [0.1, 0.15) is 32.3 Å². The minimum absolute atomic E-state index is 0.0181. The zero-order chi connectivity index (χ0) is 13.6. The number of aryl methyl sites for hydroxylation is 1. The van der Waals surface area contributed by atoms with Gasteiger partial charge in [-0.2, -0.15) is 0 Å². The van der Waals surface area contributed by atoms with E-state index in [1.54, 1.807) is 12.1 Å². The monoisotopic (exact) mass is 271 g/mol. The summed E-state index contributed by atoms with van der Waals surface area (Å²) >= 11 is 0. The molecule has 1 aromatic rings. The lowest BCUT2D eigenvalue weighted by atomic mass is 10.2. The van der Waals surface area contributed by atoms with E-state index in [1.165, 1.54) is 0 Å². The first kappa shape index (κ1) is 15.1. The van der Waals surface area contributed by atoms with Crippen LogP contribution >= 0.6 is 0 Å². The molecule has 1 unspecified atom stereocenters. The van der Waals surface area contributed by atoms with E-state index in [1.807, 2.05) is 26.0 Å². The maximum Gasteiger partial charge on any atom is 0.240 e. The van der Waals surface area contributed by atoms with Gasteiger partial charge in [-0.1, -0.05) is 26.0 Å². The van der Waals surface area contributed by atoms with Gasteiger partial charge < -0.3 is 5.11 Å². The van der Waals surface area contributed by atoms with Crippen molar-refractivity contribution in [2.75, 3.05) is 6.61 Å². The molecule has 5 heteroatoms. The van der Waals surface area contributed by atoms with Crippen LogP contribution < -0.4 is 4.72 Å². The van der Waals surface area contributed by atoms with E-state index in [4.69, 9.17) is 5.11 Å². The van der Waals surface area contributed by atoms with Gasteiger partial charge in [0.1, 0.15) is 0 Å². The number of aliphatic hydroxyl groups is 1. The van der Waals surface area contributed by atoms with Gasteiger partial charge >= 0.3 is 0 Å². The molecule has 18 heavy (non-hydrogen) atoms. The lowest BCUT2D eigenvalue weighted by Crippen LogP contribution is -2.35. The molecule has 0 bridgehead atoms. The largest absolute Gasteiger partial charge is 0.396 e. The van der Waals surface area contributed by atoms with Gasteiger partial charge in [0.2, 0.25) is 10.0 Å². The molecule has 0 radical (unpaired) electrons. The summed E-state index contributed by atoms with van der Waals surface area (Å²) < 4.78 is 26.8. The van der Waals surface area contributed by atoms with Crippen LogP contribution in [0, 0.1) is 0 Å². The fraction of sp³-hybridized carbons (Fsp3) is 0.538. The zero-order valence-electron chi connectivity index (χ0n) is 10.9. The van der Waals surface area contributed by atoms with Crippen molar-refractivity contribution in [3.63, 3.8) is 0 Å². The summed E-state index contributed by atoms with van der Waals surface area (Å²) in [5, 5.41) is 8.87. The summed E-state index contributed by atoms with van der Waals surface area (Å²) in [4.78, 5) is 0.274. The summed E-state index contributed by atoms with van der Waals surface area (Å²) in [5.41, 5.74) is 1.11. The predicted octanol–water partition coefficient (Wildman–Crippen LogP) is 1.69. The first-order valence-corrected chi connectivity index (χ1v) is 7.74. The minimum Gasteiger partial charge on any atom is -0.396 e. The van der Waals surface area contributed by atoms with Crippen LogP contribution in [-0.2, 0) is 16.4 Å². The Kier molecular flexibility index (Phi) is 5.78. The molecule has 0 spiro atoms. The molecule has 0 fully saturated rings. The normalized spacial score (nSPS) is 13.5. The SMILES string of the molecule is CCc1ccc(S(=O)(=O)NC(CC)CCO)cc1. The van der Waals surface area contributed by atoms with Crippen molar-refractivity contribution in [1.82, 2.24) is 4.72 Å². The summed E-state index contributed by atoms with van der Waals surface area (Å²) in [7, 11) is -3.48. The smallest absolute Gasteiger partial charge is 0.240 e. The summed E-state index contributed by atoms with van der Waals surface area (Å²) in [6.45, 7) is 3.90. The number of hydrogen-bond donors (Lipinski definition) is 2. The van der Waals surface area contributed by atoms with Gasteiger partial charge in [0.25, 0.3) is 0 Å². The van der Waals surface area contributed by atoms with Crippen molar-refractivity contribution in [2.24, 2.45) is 0 Å². The molecule has 0 heterocycles. The number of benzene rings is 1. The van der Waals surface area contributed by atoms with Crippen molar-refractivity contribution < 1.29 is 13.5 Å². The van der Waals surface area contributed by atoms with Crippen LogP contribution in [0.3, 0.4) is 0 Å². The van der Waals surface area contributed by atoms with Gasteiger partial charge in [-0.15, -0.1) is 0 Å². The Bertz CT molecular complexity index is 454. The maximum atomic E-state index is 12.1. The van der Waals surface area contributed by atoms with Crippen LogP contribution in [0.5, 0.6) is 0 Å². The Hall–Kier alpha value is -0.910. The molecular weight excluding hydrogens is 250 g/mol. The molecule has 0 saturated heterocycles. The molecule has 4 nitrogen and oxygen atoms in total. The van der Waals surface area contributed by atoms with Crippen molar-refractivity contribution in [3.8, 4) is 0 Å². The molecule has 0 aromatic heterocycles. The van der Waals surface area contributed by atoms with Gasteiger partial charge in [-0.05, 0) is 37.0 Å². The first-order valence-electron chi connectivity index (χ1n) is 6.25. The van der Waals surface area contributed by atoms with E-state index >= 15 is 0 Å². The zero-order valence-corrected chi connectivity index (χ0v) is 11.7. The van der Waals surface area contributed by atoms with Crippen molar-refractivity contribution in [2.45, 2.75) is 44.0 Å². The molecule has 0 amide bonds. The van der Waals surface area contributed by atoms with Crippen LogP contribution in [0.25, 0.3) is 0 Å². The van der Waals surface area contributed by atoms with E-state index < -0.39 is 10.0 Å². The van der Waals surface area contributed by atoms with Crippen LogP contribution in [-0.4, -0.2) is 26.2 Å². The van der Waals surface area contributed by atoms with Crippen LogP contribution in [0.15, 0.2) is 29.2 Å². The Labute approximate surface area is 109 Å². The Morgan fingerprint density at radius 2 is 1.83 bits per heavy atom. The van der Waals surface area contributed by atoms with Gasteiger partial charge in [0, 0.05) is 12.6 Å². The third-order valence-electron chi connectivity index (χ3n) is 2.93. The van der Waals surface area contributed by atoms with Crippen LogP contribution in [0.4, 0.5) is 0 Å². The summed E-state index contributed by atoms with van der Waals surface area (Å²) in [6.07, 6.45) is 1.98. The molecule has 1 aromatic carbocycles. The standard InChI is InChI=1S/C13H21NO3S/c1-3-11-5-7-13(8-6-11)18(16,17)14-12(4-2)9-10-15/h5-8,12,14-15H,3-4,9-10H2,1-2H3. The molecule has 0 saturated carbocycles. The Balaban J connectivity index is 2.84. The molecule has 0 aliphatic carbocycles. The minimum atomic E-state index is -3.48. The highest BCUT2D eigenvalue weighted by atomic mass is 32.2. The number of rotatable bonds is 7. The third-order valence-corrected chi connectivity index (χ3v) is 4.47. The summed E-state index contributed by atoms with van der Waals surface area (Å²) in [6, 6.07) is 6.66. The van der Waals surface area contributed by atoms with E-state index in [2.05, 4.69) is 4.72 Å². The number of hydrogen-bond acceptors (Lipinski definition) is 3. The highest BCUT2D eigenvalue weighted by molar-refractivity contribution is 7.89. The van der Waals surface area contributed by atoms with E-state index in [9.17, 15) is 8.42 Å². The average Bonchev–Trinajstić information content (AvgIpc) is 2.38.